The molecule has 0 unspecified atom stereocenters. The van der Waals surface area contributed by atoms with Gasteiger partial charge in [-0.25, -0.2) is 5.43 Å². The van der Waals surface area contributed by atoms with Crippen molar-refractivity contribution in [3.63, 3.8) is 0 Å². The second-order valence-electron chi connectivity index (χ2n) is 7.10. The molecular formula is C25H24ClN3O3S. The third kappa shape index (κ3) is 8.29. The topological polar surface area (TPSA) is 79.8 Å². The minimum absolute atomic E-state index is 0.144. The number of hydrazone groups is 1. The van der Waals surface area contributed by atoms with Crippen LogP contribution in [0.15, 0.2) is 77.9 Å². The zero-order chi connectivity index (χ0) is 23.5. The highest BCUT2D eigenvalue weighted by atomic mass is 35.5. The van der Waals surface area contributed by atoms with Crippen molar-refractivity contribution in [2.45, 2.75) is 12.7 Å². The number of anilines is 1. The SMILES string of the molecule is Cc1ccccc1CSCC(=O)N/N=C\c1ccc(OCC(=O)Nc2ccccc2Cl)cc1. The maximum Gasteiger partial charge on any atom is 0.262 e. The van der Waals surface area contributed by atoms with Crippen molar-refractivity contribution < 1.29 is 14.3 Å². The van der Waals surface area contributed by atoms with E-state index in [4.69, 9.17) is 16.3 Å². The molecule has 3 rings (SSSR count). The zero-order valence-electron chi connectivity index (χ0n) is 18.1. The highest BCUT2D eigenvalue weighted by Crippen LogP contribution is 2.20. The smallest absolute Gasteiger partial charge is 0.262 e. The number of hydrogen-bond donors (Lipinski definition) is 2. The van der Waals surface area contributed by atoms with Gasteiger partial charge in [0.1, 0.15) is 5.75 Å². The van der Waals surface area contributed by atoms with Crippen LogP contribution < -0.4 is 15.5 Å². The van der Waals surface area contributed by atoms with E-state index in [1.165, 1.54) is 11.1 Å². The van der Waals surface area contributed by atoms with E-state index in [0.29, 0.717) is 22.2 Å². The van der Waals surface area contributed by atoms with Crippen LogP contribution in [0.3, 0.4) is 0 Å². The molecule has 33 heavy (non-hydrogen) atoms. The zero-order valence-corrected chi connectivity index (χ0v) is 19.7. The minimum atomic E-state index is -0.309. The minimum Gasteiger partial charge on any atom is -0.484 e. The summed E-state index contributed by atoms with van der Waals surface area (Å²) in [5.74, 6) is 1.18. The first-order chi connectivity index (χ1) is 16.0. The van der Waals surface area contributed by atoms with E-state index < -0.39 is 0 Å². The average molecular weight is 482 g/mol. The first-order valence-electron chi connectivity index (χ1n) is 10.2. The Kier molecular flexibility index (Phi) is 9.35. The first kappa shape index (κ1) is 24.4. The predicted octanol–water partition coefficient (Wildman–Crippen LogP) is 5.05. The number of hydrogen-bond acceptors (Lipinski definition) is 5. The Morgan fingerprint density at radius 2 is 1.73 bits per heavy atom. The summed E-state index contributed by atoms with van der Waals surface area (Å²) in [7, 11) is 0. The molecular weight excluding hydrogens is 458 g/mol. The molecule has 8 heteroatoms. The van der Waals surface area contributed by atoms with Gasteiger partial charge < -0.3 is 10.1 Å². The summed E-state index contributed by atoms with van der Waals surface area (Å²) in [6.45, 7) is 1.92. The highest BCUT2D eigenvalue weighted by molar-refractivity contribution is 7.99. The van der Waals surface area contributed by atoms with Gasteiger partial charge in [0, 0.05) is 5.75 Å². The Bertz CT molecular complexity index is 1120. The van der Waals surface area contributed by atoms with Crippen LogP contribution >= 0.6 is 23.4 Å². The van der Waals surface area contributed by atoms with Crippen LogP contribution in [-0.4, -0.2) is 30.4 Å². The molecule has 0 aliphatic heterocycles. The van der Waals surface area contributed by atoms with E-state index in [2.05, 4.69) is 34.9 Å². The van der Waals surface area contributed by atoms with Gasteiger partial charge in [-0.1, -0.05) is 48.0 Å². The average Bonchev–Trinajstić information content (AvgIpc) is 2.81. The fraction of sp³-hybridized carbons (Fsp3) is 0.160. The molecule has 3 aromatic rings. The van der Waals surface area contributed by atoms with E-state index in [1.807, 2.05) is 12.1 Å². The highest BCUT2D eigenvalue weighted by Gasteiger charge is 2.06. The number of nitrogens with one attached hydrogen (secondary N) is 2. The molecule has 170 valence electrons. The lowest BCUT2D eigenvalue weighted by molar-refractivity contribution is -0.119. The molecule has 0 heterocycles. The second kappa shape index (κ2) is 12.7. The Morgan fingerprint density at radius 1 is 1.00 bits per heavy atom. The van der Waals surface area contributed by atoms with Crippen molar-refractivity contribution in [2.24, 2.45) is 5.10 Å². The van der Waals surface area contributed by atoms with Gasteiger partial charge in [0.05, 0.1) is 22.7 Å². The van der Waals surface area contributed by atoms with Crippen molar-refractivity contribution in [1.29, 1.82) is 0 Å². The van der Waals surface area contributed by atoms with E-state index in [9.17, 15) is 9.59 Å². The summed E-state index contributed by atoms with van der Waals surface area (Å²) in [5.41, 5.74) is 6.30. The number of carbonyl (C=O) groups is 2. The van der Waals surface area contributed by atoms with Gasteiger partial charge in [-0.3, -0.25) is 9.59 Å². The van der Waals surface area contributed by atoms with Crippen LogP contribution in [0.1, 0.15) is 16.7 Å². The van der Waals surface area contributed by atoms with Gasteiger partial charge in [-0.15, -0.1) is 11.8 Å². The normalized spacial score (nSPS) is 10.7. The maximum atomic E-state index is 12.0. The standard InChI is InChI=1S/C25H24ClN3O3S/c1-18-6-2-3-7-20(18)16-33-17-25(31)29-27-14-19-10-12-21(13-11-19)32-15-24(30)28-23-9-5-4-8-22(23)26/h2-14H,15-17H2,1H3,(H,28,30)(H,29,31)/b27-14-. The quantitative estimate of drug-likeness (QED) is 0.313. The first-order valence-corrected chi connectivity index (χ1v) is 11.8. The summed E-state index contributed by atoms with van der Waals surface area (Å²) >= 11 is 7.57. The number of halogens is 1. The van der Waals surface area contributed by atoms with E-state index in [-0.39, 0.29) is 18.4 Å². The summed E-state index contributed by atoms with van der Waals surface area (Å²) in [6.07, 6.45) is 1.55. The number of nitrogens with zero attached hydrogens (tertiary/aromatic N) is 1. The number of aryl methyl sites for hydroxylation is 1. The molecule has 2 amide bonds. The second-order valence-corrected chi connectivity index (χ2v) is 8.49. The summed E-state index contributed by atoms with van der Waals surface area (Å²) < 4.78 is 5.49. The Balaban J connectivity index is 1.37. The lowest BCUT2D eigenvalue weighted by Crippen LogP contribution is -2.20. The lowest BCUT2D eigenvalue weighted by Gasteiger charge is -2.08. The molecule has 0 aliphatic carbocycles. The van der Waals surface area contributed by atoms with Crippen LogP contribution in [0.25, 0.3) is 0 Å². The van der Waals surface area contributed by atoms with E-state index in [1.54, 1.807) is 66.5 Å². The van der Waals surface area contributed by atoms with Crippen molar-refractivity contribution in [3.8, 4) is 5.75 Å². The largest absolute Gasteiger partial charge is 0.484 e. The fourth-order valence-corrected chi connectivity index (χ4v) is 3.86. The third-order valence-corrected chi connectivity index (χ3v) is 5.86. The van der Waals surface area contributed by atoms with Gasteiger partial charge in [-0.2, -0.15) is 5.10 Å². The Labute approximate surface area is 202 Å². The van der Waals surface area contributed by atoms with Gasteiger partial charge in [0.25, 0.3) is 5.91 Å². The van der Waals surface area contributed by atoms with Crippen LogP contribution in [0, 0.1) is 6.92 Å². The summed E-state index contributed by atoms with van der Waals surface area (Å²) in [6, 6.07) is 22.1. The molecule has 0 spiro atoms. The van der Waals surface area contributed by atoms with Crippen LogP contribution in [0.4, 0.5) is 5.69 Å². The number of rotatable bonds is 10. The van der Waals surface area contributed by atoms with Gasteiger partial charge in [-0.05, 0) is 60.0 Å². The molecule has 0 bridgehead atoms. The van der Waals surface area contributed by atoms with Crippen molar-refractivity contribution >= 4 is 47.1 Å². The predicted molar refractivity (Wildman–Crippen MR) is 135 cm³/mol. The molecule has 0 aromatic heterocycles. The number of thioether (sulfide) groups is 1. The molecule has 0 radical (unpaired) electrons. The molecule has 0 fully saturated rings. The van der Waals surface area contributed by atoms with Gasteiger partial charge >= 0.3 is 0 Å². The number of para-hydroxylation sites is 1. The Morgan fingerprint density at radius 3 is 2.48 bits per heavy atom. The monoisotopic (exact) mass is 481 g/mol. The fourth-order valence-electron chi connectivity index (χ4n) is 2.78. The third-order valence-electron chi connectivity index (χ3n) is 4.55. The Hall–Kier alpha value is -3.29. The number of ether oxygens (including phenoxy) is 1. The summed E-state index contributed by atoms with van der Waals surface area (Å²) in [4.78, 5) is 24.0. The molecule has 0 atom stereocenters. The van der Waals surface area contributed by atoms with E-state index in [0.717, 1.165) is 11.3 Å². The number of amides is 2. The van der Waals surface area contributed by atoms with Crippen molar-refractivity contribution in [2.75, 3.05) is 17.7 Å². The maximum absolute atomic E-state index is 12.0. The summed E-state index contributed by atoms with van der Waals surface area (Å²) in [5, 5.41) is 7.15. The van der Waals surface area contributed by atoms with Crippen molar-refractivity contribution in [1.82, 2.24) is 5.43 Å². The molecule has 2 N–H and O–H groups in total. The molecule has 0 saturated heterocycles. The lowest BCUT2D eigenvalue weighted by atomic mass is 10.1. The van der Waals surface area contributed by atoms with Crippen molar-refractivity contribution in [3.05, 3.63) is 94.5 Å². The van der Waals surface area contributed by atoms with Crippen LogP contribution in [0.2, 0.25) is 5.02 Å². The van der Waals surface area contributed by atoms with Gasteiger partial charge in [0.15, 0.2) is 6.61 Å². The van der Waals surface area contributed by atoms with E-state index >= 15 is 0 Å². The van der Waals surface area contributed by atoms with Crippen LogP contribution in [-0.2, 0) is 15.3 Å². The number of benzene rings is 3. The molecule has 0 aliphatic rings. The number of carbonyl (C=O) groups excluding carboxylic acids is 2. The molecule has 3 aromatic carbocycles. The van der Waals surface area contributed by atoms with Crippen LogP contribution in [0.5, 0.6) is 5.75 Å². The molecule has 0 saturated carbocycles. The van der Waals surface area contributed by atoms with Gasteiger partial charge in [0.2, 0.25) is 5.91 Å². The molecule has 6 nitrogen and oxygen atoms in total.